The SMILES string of the molecule is CC(CO)CNC(=O)c1ccc2ccccc2n1. The fourth-order valence-corrected chi connectivity index (χ4v) is 1.61. The molecule has 18 heavy (non-hydrogen) atoms. The first-order valence-corrected chi connectivity index (χ1v) is 5.95. The third kappa shape index (κ3) is 2.84. The van der Waals surface area contributed by atoms with Crippen molar-refractivity contribution >= 4 is 16.8 Å². The minimum absolute atomic E-state index is 0.0504. The van der Waals surface area contributed by atoms with Crippen molar-refractivity contribution in [2.75, 3.05) is 13.2 Å². The number of nitrogens with zero attached hydrogens (tertiary/aromatic N) is 1. The molecule has 0 spiro atoms. The summed E-state index contributed by atoms with van der Waals surface area (Å²) in [5, 5.41) is 12.7. The molecule has 1 aromatic heterocycles. The molecular formula is C14H16N2O2. The highest BCUT2D eigenvalue weighted by Crippen LogP contribution is 2.11. The lowest BCUT2D eigenvalue weighted by molar-refractivity contribution is 0.0937. The van der Waals surface area contributed by atoms with Crippen molar-refractivity contribution in [3.63, 3.8) is 0 Å². The van der Waals surface area contributed by atoms with Crippen molar-refractivity contribution in [1.29, 1.82) is 0 Å². The third-order valence-electron chi connectivity index (χ3n) is 2.75. The van der Waals surface area contributed by atoms with E-state index in [-0.39, 0.29) is 18.4 Å². The number of hydrogen-bond acceptors (Lipinski definition) is 3. The van der Waals surface area contributed by atoms with Crippen molar-refractivity contribution in [2.45, 2.75) is 6.92 Å². The van der Waals surface area contributed by atoms with Crippen LogP contribution in [0.5, 0.6) is 0 Å². The molecule has 1 heterocycles. The van der Waals surface area contributed by atoms with Gasteiger partial charge in [-0.3, -0.25) is 4.79 Å². The second-order valence-electron chi connectivity index (χ2n) is 4.39. The Morgan fingerprint density at radius 2 is 2.11 bits per heavy atom. The van der Waals surface area contributed by atoms with Gasteiger partial charge in [0.25, 0.3) is 5.91 Å². The van der Waals surface area contributed by atoms with Crippen LogP contribution in [0.15, 0.2) is 36.4 Å². The molecule has 1 amide bonds. The predicted octanol–water partition coefficient (Wildman–Crippen LogP) is 1.59. The van der Waals surface area contributed by atoms with Gasteiger partial charge in [-0.05, 0) is 18.1 Å². The van der Waals surface area contributed by atoms with Crippen LogP contribution in [0.4, 0.5) is 0 Å². The quantitative estimate of drug-likeness (QED) is 0.858. The Morgan fingerprint density at radius 1 is 1.33 bits per heavy atom. The zero-order valence-corrected chi connectivity index (χ0v) is 10.3. The Labute approximate surface area is 106 Å². The molecule has 1 atom stereocenters. The largest absolute Gasteiger partial charge is 0.396 e. The number of carbonyl (C=O) groups excluding carboxylic acids is 1. The first-order chi connectivity index (χ1) is 8.70. The second kappa shape index (κ2) is 5.60. The molecule has 0 bridgehead atoms. The van der Waals surface area contributed by atoms with E-state index in [1.54, 1.807) is 6.07 Å². The van der Waals surface area contributed by atoms with Gasteiger partial charge in [-0.2, -0.15) is 0 Å². The Bertz CT molecular complexity index is 554. The summed E-state index contributed by atoms with van der Waals surface area (Å²) in [5.74, 6) is -0.157. The van der Waals surface area contributed by atoms with Gasteiger partial charge in [0.2, 0.25) is 0 Å². The van der Waals surface area contributed by atoms with Crippen LogP contribution in [0.1, 0.15) is 17.4 Å². The van der Waals surface area contributed by atoms with E-state index in [9.17, 15) is 4.79 Å². The number of para-hydroxylation sites is 1. The fourth-order valence-electron chi connectivity index (χ4n) is 1.61. The smallest absolute Gasteiger partial charge is 0.269 e. The Balaban J connectivity index is 2.13. The van der Waals surface area contributed by atoms with E-state index in [0.717, 1.165) is 10.9 Å². The standard InChI is InChI=1S/C14H16N2O2/c1-10(9-17)8-15-14(18)13-7-6-11-4-2-3-5-12(11)16-13/h2-7,10,17H,8-9H2,1H3,(H,15,18). The minimum Gasteiger partial charge on any atom is -0.396 e. The van der Waals surface area contributed by atoms with Crippen LogP contribution in [-0.2, 0) is 0 Å². The molecule has 4 heteroatoms. The van der Waals surface area contributed by atoms with E-state index in [2.05, 4.69) is 10.3 Å². The van der Waals surface area contributed by atoms with Crippen molar-refractivity contribution in [3.05, 3.63) is 42.1 Å². The highest BCUT2D eigenvalue weighted by Gasteiger charge is 2.09. The number of pyridine rings is 1. The lowest BCUT2D eigenvalue weighted by Gasteiger charge is -2.09. The summed E-state index contributed by atoms with van der Waals surface area (Å²) < 4.78 is 0. The maximum atomic E-state index is 11.9. The number of rotatable bonds is 4. The van der Waals surface area contributed by atoms with Gasteiger partial charge in [-0.15, -0.1) is 0 Å². The lowest BCUT2D eigenvalue weighted by atomic mass is 10.2. The molecule has 0 saturated heterocycles. The molecule has 2 rings (SSSR count). The number of benzene rings is 1. The van der Waals surface area contributed by atoms with E-state index >= 15 is 0 Å². The van der Waals surface area contributed by atoms with Crippen LogP contribution in [0.2, 0.25) is 0 Å². The highest BCUT2D eigenvalue weighted by molar-refractivity contribution is 5.94. The third-order valence-corrected chi connectivity index (χ3v) is 2.75. The average Bonchev–Trinajstić information content (AvgIpc) is 2.43. The van der Waals surface area contributed by atoms with Gasteiger partial charge in [0.1, 0.15) is 5.69 Å². The summed E-state index contributed by atoms with van der Waals surface area (Å²) in [4.78, 5) is 16.2. The summed E-state index contributed by atoms with van der Waals surface area (Å²) in [6.07, 6.45) is 0. The maximum absolute atomic E-state index is 11.9. The average molecular weight is 244 g/mol. The van der Waals surface area contributed by atoms with Crippen LogP contribution in [0.3, 0.4) is 0 Å². The van der Waals surface area contributed by atoms with E-state index in [4.69, 9.17) is 5.11 Å². The van der Waals surface area contributed by atoms with Crippen molar-refractivity contribution in [3.8, 4) is 0 Å². The van der Waals surface area contributed by atoms with Gasteiger partial charge in [-0.25, -0.2) is 4.98 Å². The molecule has 94 valence electrons. The topological polar surface area (TPSA) is 62.2 Å². The molecule has 0 aliphatic rings. The number of nitrogens with one attached hydrogen (secondary N) is 1. The molecule has 0 saturated carbocycles. The lowest BCUT2D eigenvalue weighted by Crippen LogP contribution is -2.30. The van der Waals surface area contributed by atoms with E-state index in [1.165, 1.54) is 0 Å². The molecule has 2 N–H and O–H groups in total. The molecule has 0 aliphatic heterocycles. The Hall–Kier alpha value is -1.94. The fraction of sp³-hybridized carbons (Fsp3) is 0.286. The van der Waals surface area contributed by atoms with E-state index in [1.807, 2.05) is 37.3 Å². The first-order valence-electron chi connectivity index (χ1n) is 5.95. The number of aromatic nitrogens is 1. The summed E-state index contributed by atoms with van der Waals surface area (Å²) in [6.45, 7) is 2.38. The summed E-state index contributed by atoms with van der Waals surface area (Å²) in [5.41, 5.74) is 1.21. The number of hydrogen-bond donors (Lipinski definition) is 2. The molecule has 1 aromatic carbocycles. The van der Waals surface area contributed by atoms with Crippen molar-refractivity contribution in [2.24, 2.45) is 5.92 Å². The summed E-state index contributed by atoms with van der Waals surface area (Å²) in [7, 11) is 0. The molecule has 0 fully saturated rings. The predicted molar refractivity (Wildman–Crippen MR) is 70.3 cm³/mol. The van der Waals surface area contributed by atoms with Gasteiger partial charge in [0.05, 0.1) is 5.52 Å². The van der Waals surface area contributed by atoms with Gasteiger partial charge in [-0.1, -0.05) is 31.2 Å². The minimum atomic E-state index is -0.207. The van der Waals surface area contributed by atoms with Crippen LogP contribution in [-0.4, -0.2) is 29.1 Å². The molecule has 4 nitrogen and oxygen atoms in total. The van der Waals surface area contributed by atoms with Crippen molar-refractivity contribution < 1.29 is 9.90 Å². The Kier molecular flexibility index (Phi) is 3.89. The molecule has 0 radical (unpaired) electrons. The zero-order valence-electron chi connectivity index (χ0n) is 10.3. The molecule has 2 aromatic rings. The first kappa shape index (κ1) is 12.5. The van der Waals surface area contributed by atoms with Gasteiger partial charge in [0.15, 0.2) is 0 Å². The normalized spacial score (nSPS) is 12.3. The number of amides is 1. The number of aliphatic hydroxyl groups excluding tert-OH is 1. The number of aliphatic hydroxyl groups is 1. The maximum Gasteiger partial charge on any atom is 0.269 e. The van der Waals surface area contributed by atoms with Crippen molar-refractivity contribution in [1.82, 2.24) is 10.3 Å². The van der Waals surface area contributed by atoms with Crippen LogP contribution in [0.25, 0.3) is 10.9 Å². The highest BCUT2D eigenvalue weighted by atomic mass is 16.3. The van der Waals surface area contributed by atoms with Crippen LogP contribution >= 0.6 is 0 Å². The zero-order chi connectivity index (χ0) is 13.0. The van der Waals surface area contributed by atoms with Gasteiger partial charge < -0.3 is 10.4 Å². The van der Waals surface area contributed by atoms with Gasteiger partial charge in [0, 0.05) is 18.5 Å². The Morgan fingerprint density at radius 3 is 2.89 bits per heavy atom. The summed E-state index contributed by atoms with van der Waals surface area (Å²) >= 11 is 0. The number of fused-ring (bicyclic) bond motifs is 1. The van der Waals surface area contributed by atoms with Gasteiger partial charge >= 0.3 is 0 Å². The van der Waals surface area contributed by atoms with E-state index < -0.39 is 0 Å². The van der Waals surface area contributed by atoms with E-state index in [0.29, 0.717) is 12.2 Å². The van der Waals surface area contributed by atoms with Crippen LogP contribution in [0, 0.1) is 5.92 Å². The molecular weight excluding hydrogens is 228 g/mol. The molecule has 0 aliphatic carbocycles. The monoisotopic (exact) mass is 244 g/mol. The van der Waals surface area contributed by atoms with Crippen LogP contribution < -0.4 is 5.32 Å². The molecule has 1 unspecified atom stereocenters. The number of carbonyl (C=O) groups is 1. The second-order valence-corrected chi connectivity index (χ2v) is 4.39. The summed E-state index contributed by atoms with van der Waals surface area (Å²) in [6, 6.07) is 11.3.